The van der Waals surface area contributed by atoms with Crippen LogP contribution in [0.1, 0.15) is 18.9 Å². The lowest BCUT2D eigenvalue weighted by Crippen LogP contribution is -2.26. The number of rotatable bonds is 3. The van der Waals surface area contributed by atoms with Gasteiger partial charge in [-0.2, -0.15) is 5.10 Å². The number of carbonyl (C=O) groups is 1. The topological polar surface area (TPSA) is 86.0 Å². The molecule has 1 aromatic heterocycles. The van der Waals surface area contributed by atoms with Crippen LogP contribution in [-0.2, 0) is 11.2 Å². The lowest BCUT2D eigenvalue weighted by atomic mass is 10.2. The van der Waals surface area contributed by atoms with Gasteiger partial charge in [0.05, 0.1) is 0 Å². The number of anilines is 1. The Hall–Kier alpha value is -1.95. The molecule has 0 radical (unpaired) electrons. The molecule has 1 aliphatic heterocycles. The number of carboxylic acid groups (broad SMARTS) is 1. The SMILES string of the molecule is CCc1ccnc(N2N=C(C(=O)O)CC2O)c1. The van der Waals surface area contributed by atoms with Gasteiger partial charge in [-0.25, -0.2) is 14.8 Å². The molecule has 0 fully saturated rings. The summed E-state index contributed by atoms with van der Waals surface area (Å²) in [5.74, 6) is -0.647. The van der Waals surface area contributed by atoms with Crippen LogP contribution in [0.15, 0.2) is 23.4 Å². The molecule has 0 saturated carbocycles. The van der Waals surface area contributed by atoms with Gasteiger partial charge in [-0.1, -0.05) is 6.92 Å². The number of aromatic nitrogens is 1. The molecular weight excluding hydrogens is 222 g/mol. The van der Waals surface area contributed by atoms with Crippen molar-refractivity contribution in [1.29, 1.82) is 0 Å². The van der Waals surface area contributed by atoms with Crippen LogP contribution in [0.25, 0.3) is 0 Å². The third-order valence-electron chi connectivity index (χ3n) is 2.59. The molecule has 0 amide bonds. The van der Waals surface area contributed by atoms with Crippen molar-refractivity contribution in [3.63, 3.8) is 0 Å². The van der Waals surface area contributed by atoms with Crippen molar-refractivity contribution >= 4 is 17.5 Å². The standard InChI is InChI=1S/C11H13N3O3/c1-2-7-3-4-12-9(5-7)14-10(15)6-8(13-14)11(16)17/h3-5,10,15H,2,6H2,1H3,(H,16,17). The molecule has 1 aromatic rings. The third-order valence-corrected chi connectivity index (χ3v) is 2.59. The number of hydrogen-bond donors (Lipinski definition) is 2. The first kappa shape index (κ1) is 11.5. The van der Waals surface area contributed by atoms with Gasteiger partial charge in [0.2, 0.25) is 0 Å². The summed E-state index contributed by atoms with van der Waals surface area (Å²) >= 11 is 0. The highest BCUT2D eigenvalue weighted by Crippen LogP contribution is 2.22. The summed E-state index contributed by atoms with van der Waals surface area (Å²) in [7, 11) is 0. The van der Waals surface area contributed by atoms with E-state index in [1.165, 1.54) is 5.01 Å². The van der Waals surface area contributed by atoms with Crippen LogP contribution in [0.5, 0.6) is 0 Å². The van der Waals surface area contributed by atoms with Crippen molar-refractivity contribution in [3.05, 3.63) is 23.9 Å². The number of hydrazone groups is 1. The summed E-state index contributed by atoms with van der Waals surface area (Å²) in [5, 5.41) is 23.6. The van der Waals surface area contributed by atoms with E-state index in [2.05, 4.69) is 10.1 Å². The van der Waals surface area contributed by atoms with Crippen molar-refractivity contribution in [3.8, 4) is 0 Å². The fraction of sp³-hybridized carbons (Fsp3) is 0.364. The van der Waals surface area contributed by atoms with E-state index in [9.17, 15) is 9.90 Å². The lowest BCUT2D eigenvalue weighted by molar-refractivity contribution is -0.129. The van der Waals surface area contributed by atoms with Crippen LogP contribution in [0.3, 0.4) is 0 Å². The zero-order chi connectivity index (χ0) is 12.4. The van der Waals surface area contributed by atoms with Crippen molar-refractivity contribution in [1.82, 2.24) is 4.98 Å². The van der Waals surface area contributed by atoms with E-state index in [1.807, 2.05) is 13.0 Å². The quantitative estimate of drug-likeness (QED) is 0.801. The molecule has 1 atom stereocenters. The number of nitrogens with zero attached hydrogens (tertiary/aromatic N) is 3. The first-order chi connectivity index (χ1) is 8.11. The number of aliphatic carboxylic acids is 1. The maximum Gasteiger partial charge on any atom is 0.352 e. The number of pyridine rings is 1. The van der Waals surface area contributed by atoms with E-state index in [-0.39, 0.29) is 12.1 Å². The molecule has 2 rings (SSSR count). The van der Waals surface area contributed by atoms with E-state index in [1.54, 1.807) is 12.3 Å². The van der Waals surface area contributed by atoms with E-state index in [4.69, 9.17) is 5.11 Å². The van der Waals surface area contributed by atoms with Gasteiger partial charge in [-0.15, -0.1) is 0 Å². The Labute approximate surface area is 98.2 Å². The maximum atomic E-state index is 10.8. The fourth-order valence-electron chi connectivity index (χ4n) is 1.64. The molecule has 6 heteroatoms. The molecule has 0 saturated heterocycles. The highest BCUT2D eigenvalue weighted by molar-refractivity contribution is 6.36. The summed E-state index contributed by atoms with van der Waals surface area (Å²) < 4.78 is 0. The Morgan fingerprint density at radius 1 is 1.65 bits per heavy atom. The van der Waals surface area contributed by atoms with Gasteiger partial charge in [0.25, 0.3) is 0 Å². The van der Waals surface area contributed by atoms with Gasteiger partial charge in [0.1, 0.15) is 0 Å². The normalized spacial score (nSPS) is 19.3. The summed E-state index contributed by atoms with van der Waals surface area (Å²) in [6, 6.07) is 3.66. The minimum atomic E-state index is -1.11. The Bertz CT molecular complexity index is 473. The second-order valence-corrected chi connectivity index (χ2v) is 3.76. The zero-order valence-corrected chi connectivity index (χ0v) is 9.37. The molecule has 0 bridgehead atoms. The zero-order valence-electron chi connectivity index (χ0n) is 9.37. The Morgan fingerprint density at radius 2 is 2.41 bits per heavy atom. The molecule has 2 N–H and O–H groups in total. The van der Waals surface area contributed by atoms with Gasteiger partial charge in [-0.3, -0.25) is 0 Å². The molecular formula is C11H13N3O3. The molecule has 1 unspecified atom stereocenters. The van der Waals surface area contributed by atoms with Gasteiger partial charge in [-0.05, 0) is 24.1 Å². The second kappa shape index (κ2) is 4.50. The number of carboxylic acids is 1. The van der Waals surface area contributed by atoms with Gasteiger partial charge < -0.3 is 10.2 Å². The van der Waals surface area contributed by atoms with E-state index >= 15 is 0 Å². The predicted octanol–water partition coefficient (Wildman–Crippen LogP) is 0.613. The average molecular weight is 235 g/mol. The molecule has 90 valence electrons. The van der Waals surface area contributed by atoms with Gasteiger partial charge in [0.15, 0.2) is 17.8 Å². The van der Waals surface area contributed by atoms with E-state index in [0.717, 1.165) is 12.0 Å². The monoisotopic (exact) mass is 235 g/mol. The van der Waals surface area contributed by atoms with Crippen molar-refractivity contribution in [2.75, 3.05) is 5.01 Å². The minimum Gasteiger partial charge on any atom is -0.477 e. The first-order valence-corrected chi connectivity index (χ1v) is 5.34. The largest absolute Gasteiger partial charge is 0.477 e. The predicted molar refractivity (Wildman–Crippen MR) is 61.8 cm³/mol. The first-order valence-electron chi connectivity index (χ1n) is 5.34. The summed E-state index contributed by atoms with van der Waals surface area (Å²) in [6.07, 6.45) is 1.51. The number of aryl methyl sites for hydroxylation is 1. The molecule has 0 spiro atoms. The minimum absolute atomic E-state index is 0.00731. The molecule has 6 nitrogen and oxygen atoms in total. The van der Waals surface area contributed by atoms with E-state index in [0.29, 0.717) is 5.82 Å². The van der Waals surface area contributed by atoms with Crippen molar-refractivity contribution in [2.24, 2.45) is 5.10 Å². The molecule has 0 aliphatic carbocycles. The van der Waals surface area contributed by atoms with E-state index < -0.39 is 12.2 Å². The van der Waals surface area contributed by atoms with Crippen molar-refractivity contribution < 1.29 is 15.0 Å². The lowest BCUT2D eigenvalue weighted by Gasteiger charge is -2.17. The summed E-state index contributed by atoms with van der Waals surface area (Å²) in [5.41, 5.74) is 1.00. The highest BCUT2D eigenvalue weighted by Gasteiger charge is 2.30. The van der Waals surface area contributed by atoms with Gasteiger partial charge >= 0.3 is 5.97 Å². The van der Waals surface area contributed by atoms with Crippen LogP contribution in [0, 0.1) is 0 Å². The summed E-state index contributed by atoms with van der Waals surface area (Å²) in [4.78, 5) is 14.8. The van der Waals surface area contributed by atoms with Crippen molar-refractivity contribution in [2.45, 2.75) is 26.0 Å². The Balaban J connectivity index is 2.30. The van der Waals surface area contributed by atoms with Crippen LogP contribution in [0.2, 0.25) is 0 Å². The van der Waals surface area contributed by atoms with Crippen LogP contribution in [0.4, 0.5) is 5.82 Å². The van der Waals surface area contributed by atoms with Crippen LogP contribution >= 0.6 is 0 Å². The molecule has 1 aliphatic rings. The molecule has 0 aromatic carbocycles. The van der Waals surface area contributed by atoms with Crippen LogP contribution in [-0.4, -0.2) is 33.1 Å². The molecule has 2 heterocycles. The average Bonchev–Trinajstić information content (AvgIpc) is 2.72. The number of aliphatic hydroxyl groups is 1. The molecule has 17 heavy (non-hydrogen) atoms. The summed E-state index contributed by atoms with van der Waals surface area (Å²) in [6.45, 7) is 2.01. The second-order valence-electron chi connectivity index (χ2n) is 3.76. The fourth-order valence-corrected chi connectivity index (χ4v) is 1.64. The third kappa shape index (κ3) is 2.26. The van der Waals surface area contributed by atoms with Gasteiger partial charge in [0, 0.05) is 12.6 Å². The number of aliphatic hydroxyl groups excluding tert-OH is 1. The number of hydrogen-bond acceptors (Lipinski definition) is 5. The highest BCUT2D eigenvalue weighted by atomic mass is 16.4. The maximum absolute atomic E-state index is 10.8. The Kier molecular flexibility index (Phi) is 3.06. The Morgan fingerprint density at radius 3 is 3.00 bits per heavy atom. The smallest absolute Gasteiger partial charge is 0.352 e. The van der Waals surface area contributed by atoms with Crippen LogP contribution < -0.4 is 5.01 Å².